The summed E-state index contributed by atoms with van der Waals surface area (Å²) in [5.74, 6) is 1.87. The van der Waals surface area contributed by atoms with E-state index in [1.165, 1.54) is 23.3 Å². The number of sulfonamides is 1. The molecule has 0 saturated carbocycles. The Kier molecular flexibility index (Phi) is 9.42. The van der Waals surface area contributed by atoms with Crippen LogP contribution in [-0.2, 0) is 20.6 Å². The fourth-order valence-electron chi connectivity index (χ4n) is 3.35. The van der Waals surface area contributed by atoms with Crippen molar-refractivity contribution >= 4 is 33.4 Å². The number of hydrogen-bond acceptors (Lipinski definition) is 5. The van der Waals surface area contributed by atoms with Crippen molar-refractivity contribution < 1.29 is 17.9 Å². The first kappa shape index (κ1) is 25.6. The summed E-state index contributed by atoms with van der Waals surface area (Å²) in [6, 6.07) is 23.2. The van der Waals surface area contributed by atoms with Gasteiger partial charge in [0.2, 0.25) is 5.91 Å². The third-order valence-corrected chi connectivity index (χ3v) is 7.79. The zero-order chi connectivity index (χ0) is 24.4. The summed E-state index contributed by atoms with van der Waals surface area (Å²) in [4.78, 5) is 12.8. The van der Waals surface area contributed by atoms with Crippen LogP contribution in [0.3, 0.4) is 0 Å². The lowest BCUT2D eigenvalue weighted by atomic mass is 10.2. The number of ether oxygens (including phenoxy) is 1. The Morgan fingerprint density at radius 2 is 1.74 bits per heavy atom. The summed E-state index contributed by atoms with van der Waals surface area (Å²) in [7, 11) is -3.92. The monoisotopic (exact) mass is 498 g/mol. The van der Waals surface area contributed by atoms with Crippen molar-refractivity contribution in [3.05, 3.63) is 90.0 Å². The molecule has 34 heavy (non-hydrogen) atoms. The molecule has 0 saturated heterocycles. The van der Waals surface area contributed by atoms with Gasteiger partial charge in [-0.2, -0.15) is 11.8 Å². The highest BCUT2D eigenvalue weighted by atomic mass is 32.2. The van der Waals surface area contributed by atoms with Crippen molar-refractivity contribution in [2.24, 2.45) is 0 Å². The lowest BCUT2D eigenvalue weighted by Gasteiger charge is -2.24. The van der Waals surface area contributed by atoms with Crippen LogP contribution >= 0.6 is 11.8 Å². The van der Waals surface area contributed by atoms with Gasteiger partial charge in [-0.1, -0.05) is 48.0 Å². The summed E-state index contributed by atoms with van der Waals surface area (Å²) in [6.07, 6.45) is 0. The number of benzene rings is 3. The van der Waals surface area contributed by atoms with Crippen LogP contribution in [0.1, 0.15) is 18.1 Å². The lowest BCUT2D eigenvalue weighted by Crippen LogP contribution is -2.41. The summed E-state index contributed by atoms with van der Waals surface area (Å²) in [5, 5.41) is 2.85. The van der Waals surface area contributed by atoms with E-state index in [9.17, 15) is 13.2 Å². The Morgan fingerprint density at radius 3 is 2.41 bits per heavy atom. The largest absolute Gasteiger partial charge is 0.494 e. The molecule has 3 rings (SSSR count). The molecule has 180 valence electrons. The van der Waals surface area contributed by atoms with Gasteiger partial charge in [0.1, 0.15) is 12.3 Å². The summed E-state index contributed by atoms with van der Waals surface area (Å²) < 4.78 is 33.3. The Morgan fingerprint density at radius 1 is 1.00 bits per heavy atom. The van der Waals surface area contributed by atoms with E-state index < -0.39 is 10.0 Å². The Labute approximate surface area is 206 Å². The highest BCUT2D eigenvalue weighted by Gasteiger charge is 2.27. The Bertz CT molecular complexity index is 1170. The number of nitrogens with one attached hydrogen (secondary N) is 1. The van der Waals surface area contributed by atoms with Crippen LogP contribution in [-0.4, -0.2) is 39.8 Å². The Hall–Kier alpha value is -2.97. The van der Waals surface area contributed by atoms with Gasteiger partial charge in [-0.15, -0.1) is 0 Å². The Balaban J connectivity index is 1.64. The molecule has 3 aromatic carbocycles. The van der Waals surface area contributed by atoms with Crippen LogP contribution in [0.25, 0.3) is 0 Å². The van der Waals surface area contributed by atoms with Gasteiger partial charge in [-0.05, 0) is 55.8 Å². The number of hydrogen-bond donors (Lipinski definition) is 1. The van der Waals surface area contributed by atoms with Crippen molar-refractivity contribution in [1.29, 1.82) is 0 Å². The van der Waals surface area contributed by atoms with Crippen LogP contribution < -0.4 is 14.4 Å². The lowest BCUT2D eigenvalue weighted by molar-refractivity contribution is -0.119. The second-order valence-electron chi connectivity index (χ2n) is 7.64. The fraction of sp³-hybridized carbons (Fsp3) is 0.269. The molecule has 0 bridgehead atoms. The van der Waals surface area contributed by atoms with Crippen LogP contribution in [0.5, 0.6) is 5.75 Å². The smallest absolute Gasteiger partial charge is 0.264 e. The maximum Gasteiger partial charge on any atom is 0.264 e. The summed E-state index contributed by atoms with van der Waals surface area (Å²) >= 11 is 1.72. The molecule has 0 aromatic heterocycles. The SMILES string of the molecule is CCOc1ccc(N(CC(=O)NCCSCc2cccc(C)c2)S(=O)(=O)c2ccccc2)cc1. The standard InChI is InChI=1S/C26H30N2O4S2/c1-3-32-24-14-12-23(13-15-24)28(34(30,31)25-10-5-4-6-11-25)19-26(29)27-16-17-33-20-22-9-7-8-21(2)18-22/h4-15,18H,3,16-17,19-20H2,1-2H3,(H,27,29). The van der Waals surface area contributed by atoms with Crippen LogP contribution in [0.4, 0.5) is 5.69 Å². The molecule has 8 heteroatoms. The molecule has 0 heterocycles. The number of amides is 1. The molecule has 0 aliphatic heterocycles. The van der Waals surface area contributed by atoms with Crippen molar-refractivity contribution in [2.75, 3.05) is 29.8 Å². The van der Waals surface area contributed by atoms with Gasteiger partial charge in [0.15, 0.2) is 0 Å². The van der Waals surface area contributed by atoms with E-state index in [1.54, 1.807) is 54.2 Å². The molecule has 3 aromatic rings. The van der Waals surface area contributed by atoms with Crippen molar-refractivity contribution in [3.63, 3.8) is 0 Å². The molecule has 0 aliphatic carbocycles. The zero-order valence-corrected chi connectivity index (χ0v) is 21.1. The first-order chi connectivity index (χ1) is 16.4. The topological polar surface area (TPSA) is 75.7 Å². The molecule has 0 radical (unpaired) electrons. The minimum Gasteiger partial charge on any atom is -0.494 e. The number of nitrogens with zero attached hydrogens (tertiary/aromatic N) is 1. The van der Waals surface area contributed by atoms with Crippen LogP contribution in [0.2, 0.25) is 0 Å². The van der Waals surface area contributed by atoms with Gasteiger partial charge in [-0.25, -0.2) is 8.42 Å². The van der Waals surface area contributed by atoms with Gasteiger partial charge >= 0.3 is 0 Å². The average Bonchev–Trinajstić information content (AvgIpc) is 2.84. The molecular formula is C26H30N2O4S2. The third-order valence-electron chi connectivity index (χ3n) is 4.97. The van der Waals surface area contributed by atoms with Gasteiger partial charge in [0.25, 0.3) is 10.0 Å². The number of carbonyl (C=O) groups excluding carboxylic acids is 1. The molecular weight excluding hydrogens is 468 g/mol. The quantitative estimate of drug-likeness (QED) is 0.368. The zero-order valence-electron chi connectivity index (χ0n) is 19.4. The van der Waals surface area contributed by atoms with Crippen molar-refractivity contribution in [2.45, 2.75) is 24.5 Å². The van der Waals surface area contributed by atoms with Gasteiger partial charge in [0.05, 0.1) is 17.2 Å². The molecule has 0 atom stereocenters. The van der Waals surface area contributed by atoms with Crippen molar-refractivity contribution in [3.8, 4) is 5.75 Å². The van der Waals surface area contributed by atoms with Gasteiger partial charge in [0, 0.05) is 18.1 Å². The molecule has 0 spiro atoms. The van der Waals surface area contributed by atoms with E-state index >= 15 is 0 Å². The van der Waals surface area contributed by atoms with Crippen LogP contribution in [0, 0.1) is 6.92 Å². The number of aryl methyl sites for hydroxylation is 1. The van der Waals surface area contributed by atoms with E-state index in [2.05, 4.69) is 30.4 Å². The van der Waals surface area contributed by atoms with E-state index in [4.69, 9.17) is 4.74 Å². The highest BCUT2D eigenvalue weighted by molar-refractivity contribution is 7.98. The number of anilines is 1. The molecule has 0 fully saturated rings. The molecule has 6 nitrogen and oxygen atoms in total. The first-order valence-electron chi connectivity index (χ1n) is 11.1. The maximum absolute atomic E-state index is 13.4. The minimum absolute atomic E-state index is 0.130. The maximum atomic E-state index is 13.4. The van der Waals surface area contributed by atoms with E-state index in [-0.39, 0.29) is 17.3 Å². The predicted molar refractivity (Wildman–Crippen MR) is 139 cm³/mol. The second-order valence-corrected chi connectivity index (χ2v) is 10.6. The van der Waals surface area contributed by atoms with E-state index in [0.29, 0.717) is 24.6 Å². The molecule has 0 aliphatic rings. The predicted octanol–water partition coefficient (Wildman–Crippen LogP) is 4.64. The second kappa shape index (κ2) is 12.5. The van der Waals surface area contributed by atoms with Crippen molar-refractivity contribution in [1.82, 2.24) is 5.32 Å². The highest BCUT2D eigenvalue weighted by Crippen LogP contribution is 2.25. The third kappa shape index (κ3) is 7.27. The van der Waals surface area contributed by atoms with Crippen LogP contribution in [0.15, 0.2) is 83.8 Å². The number of rotatable bonds is 12. The average molecular weight is 499 g/mol. The number of carbonyl (C=O) groups is 1. The molecule has 1 N–H and O–H groups in total. The normalized spacial score (nSPS) is 11.1. The van der Waals surface area contributed by atoms with Gasteiger partial charge in [-0.3, -0.25) is 9.10 Å². The minimum atomic E-state index is -3.92. The molecule has 0 unspecified atom stereocenters. The van der Waals surface area contributed by atoms with E-state index in [0.717, 1.165) is 15.8 Å². The van der Waals surface area contributed by atoms with Gasteiger partial charge < -0.3 is 10.1 Å². The number of thioether (sulfide) groups is 1. The fourth-order valence-corrected chi connectivity index (χ4v) is 5.60. The van der Waals surface area contributed by atoms with E-state index in [1.807, 2.05) is 13.0 Å². The first-order valence-corrected chi connectivity index (χ1v) is 13.7. The molecule has 1 amide bonds. The summed E-state index contributed by atoms with van der Waals surface area (Å²) in [5.41, 5.74) is 2.86. The summed E-state index contributed by atoms with van der Waals surface area (Å²) in [6.45, 7) is 4.60.